The molecule has 2 nitrogen and oxygen atoms in total. The third-order valence-electron chi connectivity index (χ3n) is 3.50. The number of nitrogens with two attached hydrogens (primary N) is 1. The molecule has 2 saturated carbocycles. The van der Waals surface area contributed by atoms with Crippen LogP contribution in [0.25, 0.3) is 0 Å². The van der Waals surface area contributed by atoms with Crippen LogP contribution in [0.2, 0.25) is 0 Å². The smallest absolute Gasteiger partial charge is 0.0236 e. The van der Waals surface area contributed by atoms with E-state index in [9.17, 15) is 0 Å². The Morgan fingerprint density at radius 3 is 2.45 bits per heavy atom. The van der Waals surface area contributed by atoms with Crippen LogP contribution in [-0.2, 0) is 0 Å². The van der Waals surface area contributed by atoms with Gasteiger partial charge in [-0.15, -0.1) is 0 Å². The van der Waals surface area contributed by atoms with Gasteiger partial charge in [0.2, 0.25) is 0 Å². The quantitative estimate of drug-likeness (QED) is 0.474. The second-order valence-electron chi connectivity index (χ2n) is 4.17. The number of rotatable bonds is 3. The summed E-state index contributed by atoms with van der Waals surface area (Å²) in [7, 11) is 0. The fourth-order valence-electron chi connectivity index (χ4n) is 2.68. The largest absolute Gasteiger partial charge is 0.271 e. The molecule has 2 heteroatoms. The molecule has 2 rings (SSSR count). The maximum Gasteiger partial charge on any atom is 0.0236 e. The van der Waals surface area contributed by atoms with E-state index >= 15 is 0 Å². The summed E-state index contributed by atoms with van der Waals surface area (Å²) in [5.74, 6) is 8.53. The van der Waals surface area contributed by atoms with E-state index in [0.717, 1.165) is 17.8 Å². The van der Waals surface area contributed by atoms with Crippen molar-refractivity contribution in [2.24, 2.45) is 23.6 Å². The standard InChI is InChI=1S/C9H18N2/c1-2-9(11-10)8-4-6-3-7(6)5-8/h6-9,11H,2-5,10H2,1H3. The Labute approximate surface area is 68.5 Å². The van der Waals surface area contributed by atoms with Crippen LogP contribution in [0.3, 0.4) is 0 Å². The van der Waals surface area contributed by atoms with Crippen molar-refractivity contribution in [3.05, 3.63) is 0 Å². The van der Waals surface area contributed by atoms with Crippen LogP contribution in [0.5, 0.6) is 0 Å². The minimum atomic E-state index is 0.586. The van der Waals surface area contributed by atoms with Crippen LogP contribution < -0.4 is 11.3 Å². The highest BCUT2D eigenvalue weighted by Gasteiger charge is 2.47. The predicted molar refractivity (Wildman–Crippen MR) is 45.7 cm³/mol. The van der Waals surface area contributed by atoms with Gasteiger partial charge in [0.1, 0.15) is 0 Å². The summed E-state index contributed by atoms with van der Waals surface area (Å²) >= 11 is 0. The number of hydrazine groups is 1. The summed E-state index contributed by atoms with van der Waals surface area (Å²) in [6, 6.07) is 0.586. The van der Waals surface area contributed by atoms with E-state index in [4.69, 9.17) is 5.84 Å². The van der Waals surface area contributed by atoms with Gasteiger partial charge in [-0.1, -0.05) is 6.92 Å². The normalized spacial score (nSPS) is 43.6. The zero-order valence-corrected chi connectivity index (χ0v) is 7.22. The highest BCUT2D eigenvalue weighted by Crippen LogP contribution is 2.55. The lowest BCUT2D eigenvalue weighted by Gasteiger charge is -2.22. The molecule has 0 heterocycles. The monoisotopic (exact) mass is 154 g/mol. The predicted octanol–water partition coefficient (Wildman–Crippen LogP) is 1.27. The molecule has 11 heavy (non-hydrogen) atoms. The lowest BCUT2D eigenvalue weighted by molar-refractivity contribution is 0.330. The summed E-state index contributed by atoms with van der Waals surface area (Å²) in [6.07, 6.45) is 5.57. The van der Waals surface area contributed by atoms with Crippen LogP contribution in [0.1, 0.15) is 32.6 Å². The molecule has 3 unspecified atom stereocenters. The molecule has 64 valence electrons. The Hall–Kier alpha value is -0.0800. The van der Waals surface area contributed by atoms with Gasteiger partial charge >= 0.3 is 0 Å². The molecule has 3 atom stereocenters. The number of fused-ring (bicyclic) bond motifs is 1. The van der Waals surface area contributed by atoms with E-state index in [-0.39, 0.29) is 0 Å². The van der Waals surface area contributed by atoms with E-state index in [1.54, 1.807) is 0 Å². The highest BCUT2D eigenvalue weighted by atomic mass is 15.2. The van der Waals surface area contributed by atoms with Gasteiger partial charge in [-0.3, -0.25) is 11.3 Å². The Balaban J connectivity index is 1.85. The second kappa shape index (κ2) is 2.76. The molecular formula is C9H18N2. The van der Waals surface area contributed by atoms with E-state index in [2.05, 4.69) is 12.3 Å². The first-order valence-corrected chi connectivity index (χ1v) is 4.81. The van der Waals surface area contributed by atoms with Gasteiger partial charge in [0.15, 0.2) is 0 Å². The van der Waals surface area contributed by atoms with Gasteiger partial charge < -0.3 is 0 Å². The first kappa shape index (κ1) is 7.56. The average molecular weight is 154 g/mol. The Morgan fingerprint density at radius 2 is 2.00 bits per heavy atom. The molecule has 0 aromatic heterocycles. The van der Waals surface area contributed by atoms with Crippen LogP contribution in [-0.4, -0.2) is 6.04 Å². The number of hydrogen-bond acceptors (Lipinski definition) is 2. The van der Waals surface area contributed by atoms with Gasteiger partial charge in [-0.2, -0.15) is 0 Å². The molecule has 0 radical (unpaired) electrons. The number of hydrogen-bond donors (Lipinski definition) is 2. The highest BCUT2D eigenvalue weighted by molar-refractivity contribution is 4.98. The summed E-state index contributed by atoms with van der Waals surface area (Å²) in [5, 5.41) is 0. The van der Waals surface area contributed by atoms with Gasteiger partial charge in [-0.05, 0) is 43.4 Å². The van der Waals surface area contributed by atoms with Crippen LogP contribution in [0.15, 0.2) is 0 Å². The van der Waals surface area contributed by atoms with Gasteiger partial charge in [0.05, 0.1) is 0 Å². The van der Waals surface area contributed by atoms with Crippen molar-refractivity contribution in [1.82, 2.24) is 5.43 Å². The third-order valence-corrected chi connectivity index (χ3v) is 3.50. The minimum Gasteiger partial charge on any atom is -0.271 e. The summed E-state index contributed by atoms with van der Waals surface area (Å²) in [5.41, 5.74) is 2.93. The van der Waals surface area contributed by atoms with Crippen molar-refractivity contribution >= 4 is 0 Å². The summed E-state index contributed by atoms with van der Waals surface area (Å²) in [6.45, 7) is 2.22. The molecule has 2 aliphatic rings. The van der Waals surface area contributed by atoms with E-state index in [1.165, 1.54) is 25.7 Å². The summed E-state index contributed by atoms with van der Waals surface area (Å²) < 4.78 is 0. The first-order chi connectivity index (χ1) is 5.35. The van der Waals surface area contributed by atoms with Crippen LogP contribution >= 0.6 is 0 Å². The summed E-state index contributed by atoms with van der Waals surface area (Å²) in [4.78, 5) is 0. The van der Waals surface area contributed by atoms with Crippen molar-refractivity contribution in [2.75, 3.05) is 0 Å². The SMILES string of the molecule is CCC(NN)C1CC2CC2C1. The van der Waals surface area contributed by atoms with Crippen molar-refractivity contribution in [3.8, 4) is 0 Å². The fourth-order valence-corrected chi connectivity index (χ4v) is 2.68. The molecule has 0 spiro atoms. The molecule has 0 saturated heterocycles. The number of nitrogens with one attached hydrogen (secondary N) is 1. The van der Waals surface area contributed by atoms with Crippen molar-refractivity contribution < 1.29 is 0 Å². The lowest BCUT2D eigenvalue weighted by Crippen LogP contribution is -2.39. The Bertz CT molecular complexity index is 132. The van der Waals surface area contributed by atoms with Crippen molar-refractivity contribution in [1.29, 1.82) is 0 Å². The molecule has 2 fully saturated rings. The van der Waals surface area contributed by atoms with E-state index in [0.29, 0.717) is 6.04 Å². The maximum absolute atomic E-state index is 5.47. The molecule has 0 aromatic rings. The third kappa shape index (κ3) is 1.30. The minimum absolute atomic E-state index is 0.586. The van der Waals surface area contributed by atoms with Crippen molar-refractivity contribution in [3.63, 3.8) is 0 Å². The van der Waals surface area contributed by atoms with Gasteiger partial charge in [-0.25, -0.2) is 0 Å². The maximum atomic E-state index is 5.47. The Kier molecular flexibility index (Phi) is 1.90. The van der Waals surface area contributed by atoms with E-state index in [1.807, 2.05) is 0 Å². The molecule has 0 amide bonds. The molecule has 0 bridgehead atoms. The van der Waals surface area contributed by atoms with Crippen LogP contribution in [0.4, 0.5) is 0 Å². The van der Waals surface area contributed by atoms with Crippen molar-refractivity contribution in [2.45, 2.75) is 38.6 Å². The zero-order valence-electron chi connectivity index (χ0n) is 7.22. The van der Waals surface area contributed by atoms with Gasteiger partial charge in [0.25, 0.3) is 0 Å². The van der Waals surface area contributed by atoms with Crippen LogP contribution in [0, 0.1) is 17.8 Å². The molecular weight excluding hydrogens is 136 g/mol. The van der Waals surface area contributed by atoms with E-state index < -0.39 is 0 Å². The van der Waals surface area contributed by atoms with Gasteiger partial charge in [0, 0.05) is 6.04 Å². The topological polar surface area (TPSA) is 38.0 Å². The molecule has 0 aliphatic heterocycles. The molecule has 0 aromatic carbocycles. The first-order valence-electron chi connectivity index (χ1n) is 4.81. The Morgan fingerprint density at radius 1 is 1.36 bits per heavy atom. The lowest BCUT2D eigenvalue weighted by atomic mass is 9.93. The molecule has 3 N–H and O–H groups in total. The average Bonchev–Trinajstić information content (AvgIpc) is 2.62. The molecule has 2 aliphatic carbocycles. The fraction of sp³-hybridized carbons (Fsp3) is 1.00. The zero-order chi connectivity index (χ0) is 7.84. The second-order valence-corrected chi connectivity index (χ2v) is 4.17.